The second kappa shape index (κ2) is 6.89. The van der Waals surface area contributed by atoms with Crippen molar-refractivity contribution in [3.63, 3.8) is 0 Å². The Balaban J connectivity index is 0.000000671. The average Bonchev–Trinajstić information content (AvgIpc) is 2.21. The summed E-state index contributed by atoms with van der Waals surface area (Å²) in [6.07, 6.45) is 3.91. The Bertz CT molecular complexity index is 140. The van der Waals surface area contributed by atoms with E-state index in [-0.39, 0.29) is 11.8 Å². The molecule has 3 nitrogen and oxygen atoms in total. The van der Waals surface area contributed by atoms with Gasteiger partial charge in [-0.05, 0) is 25.7 Å². The molecule has 0 spiro atoms. The average molecular weight is 186 g/mol. The first-order valence-electron chi connectivity index (χ1n) is 5.21. The predicted octanol–water partition coefficient (Wildman–Crippen LogP) is 1.28. The summed E-state index contributed by atoms with van der Waals surface area (Å²) in [4.78, 5) is 11.1. The van der Waals surface area contributed by atoms with Crippen LogP contribution in [-0.4, -0.2) is 19.0 Å². The van der Waals surface area contributed by atoms with Gasteiger partial charge in [0.15, 0.2) is 0 Å². The van der Waals surface area contributed by atoms with Crippen LogP contribution in [0.5, 0.6) is 0 Å². The Morgan fingerprint density at radius 1 is 1.23 bits per heavy atom. The lowest BCUT2D eigenvalue weighted by Gasteiger charge is -2.24. The molecular formula is C10H22N2O. The molecule has 0 aromatic heterocycles. The molecule has 1 rings (SSSR count). The highest BCUT2D eigenvalue weighted by Gasteiger charge is 2.23. The minimum Gasteiger partial charge on any atom is -0.359 e. The van der Waals surface area contributed by atoms with Crippen LogP contribution in [0.15, 0.2) is 0 Å². The number of carbonyl (C=O) groups is 1. The van der Waals surface area contributed by atoms with Gasteiger partial charge >= 0.3 is 0 Å². The van der Waals surface area contributed by atoms with Gasteiger partial charge < -0.3 is 11.1 Å². The van der Waals surface area contributed by atoms with Gasteiger partial charge in [-0.25, -0.2) is 0 Å². The molecule has 0 aromatic carbocycles. The quantitative estimate of drug-likeness (QED) is 0.648. The number of nitrogens with two attached hydrogens (primary N) is 1. The summed E-state index contributed by atoms with van der Waals surface area (Å²) in [6.45, 7) is 4.00. The first kappa shape index (κ1) is 12.4. The fourth-order valence-electron chi connectivity index (χ4n) is 1.59. The van der Waals surface area contributed by atoms with Gasteiger partial charge in [0.05, 0.1) is 0 Å². The maximum atomic E-state index is 11.1. The zero-order valence-corrected chi connectivity index (χ0v) is 8.97. The van der Waals surface area contributed by atoms with E-state index < -0.39 is 0 Å². The summed E-state index contributed by atoms with van der Waals surface area (Å²) in [6, 6.07) is 0.330. The molecule has 1 amide bonds. The van der Waals surface area contributed by atoms with E-state index in [1.165, 1.54) is 0 Å². The number of hydrogen-bond acceptors (Lipinski definition) is 2. The van der Waals surface area contributed by atoms with Crippen molar-refractivity contribution in [2.75, 3.05) is 7.05 Å². The van der Waals surface area contributed by atoms with Crippen molar-refractivity contribution in [2.24, 2.45) is 11.7 Å². The van der Waals surface area contributed by atoms with E-state index in [1.807, 2.05) is 13.8 Å². The maximum absolute atomic E-state index is 11.1. The molecule has 3 heteroatoms. The lowest BCUT2D eigenvalue weighted by atomic mass is 9.86. The summed E-state index contributed by atoms with van der Waals surface area (Å²) >= 11 is 0. The molecule has 0 saturated heterocycles. The zero-order chi connectivity index (χ0) is 10.3. The van der Waals surface area contributed by atoms with Gasteiger partial charge in [-0.15, -0.1) is 0 Å². The SMILES string of the molecule is CC.CNC(=O)C1CCC(N)CC1. The van der Waals surface area contributed by atoms with Crippen LogP contribution >= 0.6 is 0 Å². The number of amides is 1. The lowest BCUT2D eigenvalue weighted by Crippen LogP contribution is -2.34. The Kier molecular flexibility index (Phi) is 6.59. The number of rotatable bonds is 1. The van der Waals surface area contributed by atoms with Crippen LogP contribution in [0.2, 0.25) is 0 Å². The molecule has 1 aliphatic carbocycles. The summed E-state index contributed by atoms with van der Waals surface area (Å²) in [7, 11) is 1.69. The van der Waals surface area contributed by atoms with Crippen LogP contribution in [0.4, 0.5) is 0 Å². The fourth-order valence-corrected chi connectivity index (χ4v) is 1.59. The Hall–Kier alpha value is -0.570. The zero-order valence-electron chi connectivity index (χ0n) is 8.97. The molecule has 0 radical (unpaired) electrons. The van der Waals surface area contributed by atoms with Crippen molar-refractivity contribution in [1.29, 1.82) is 0 Å². The molecule has 1 fully saturated rings. The Morgan fingerprint density at radius 3 is 2.08 bits per heavy atom. The molecule has 0 heterocycles. The highest BCUT2D eigenvalue weighted by Crippen LogP contribution is 2.22. The predicted molar refractivity (Wildman–Crippen MR) is 55.3 cm³/mol. The molecule has 0 atom stereocenters. The molecular weight excluding hydrogens is 164 g/mol. The third-order valence-corrected chi connectivity index (χ3v) is 2.39. The molecule has 3 N–H and O–H groups in total. The topological polar surface area (TPSA) is 55.1 Å². The monoisotopic (exact) mass is 186 g/mol. The third-order valence-electron chi connectivity index (χ3n) is 2.39. The van der Waals surface area contributed by atoms with Crippen LogP contribution < -0.4 is 11.1 Å². The van der Waals surface area contributed by atoms with E-state index in [4.69, 9.17) is 5.73 Å². The minimum atomic E-state index is 0.178. The second-order valence-electron chi connectivity index (χ2n) is 3.23. The van der Waals surface area contributed by atoms with Crippen molar-refractivity contribution in [2.45, 2.75) is 45.6 Å². The smallest absolute Gasteiger partial charge is 0.222 e. The highest BCUT2D eigenvalue weighted by atomic mass is 16.1. The molecule has 1 saturated carbocycles. The van der Waals surface area contributed by atoms with Gasteiger partial charge in [0.2, 0.25) is 5.91 Å². The summed E-state index contributed by atoms with van der Waals surface area (Å²) in [5.74, 6) is 0.400. The summed E-state index contributed by atoms with van der Waals surface area (Å²) in [5, 5.41) is 2.67. The number of carbonyl (C=O) groups excluding carboxylic acids is 1. The van der Waals surface area contributed by atoms with Crippen molar-refractivity contribution in [3.05, 3.63) is 0 Å². The van der Waals surface area contributed by atoms with E-state index in [0.717, 1.165) is 25.7 Å². The second-order valence-corrected chi connectivity index (χ2v) is 3.23. The van der Waals surface area contributed by atoms with Crippen molar-refractivity contribution < 1.29 is 4.79 Å². The van der Waals surface area contributed by atoms with Gasteiger partial charge in [0.1, 0.15) is 0 Å². The van der Waals surface area contributed by atoms with E-state index in [1.54, 1.807) is 7.05 Å². The van der Waals surface area contributed by atoms with E-state index in [0.29, 0.717) is 6.04 Å². The minimum absolute atomic E-state index is 0.178. The van der Waals surface area contributed by atoms with Gasteiger partial charge in [0.25, 0.3) is 0 Å². The highest BCUT2D eigenvalue weighted by molar-refractivity contribution is 5.78. The van der Waals surface area contributed by atoms with Gasteiger partial charge in [-0.1, -0.05) is 13.8 Å². The molecule has 13 heavy (non-hydrogen) atoms. The van der Waals surface area contributed by atoms with Crippen LogP contribution in [0, 0.1) is 5.92 Å². The van der Waals surface area contributed by atoms with Crippen LogP contribution in [0.25, 0.3) is 0 Å². The third kappa shape index (κ3) is 4.27. The Morgan fingerprint density at radius 2 is 1.69 bits per heavy atom. The first-order valence-corrected chi connectivity index (χ1v) is 5.21. The largest absolute Gasteiger partial charge is 0.359 e. The van der Waals surface area contributed by atoms with Gasteiger partial charge in [0, 0.05) is 19.0 Å². The molecule has 0 bridgehead atoms. The van der Waals surface area contributed by atoms with Gasteiger partial charge in [-0.3, -0.25) is 4.79 Å². The fraction of sp³-hybridized carbons (Fsp3) is 0.900. The summed E-state index contributed by atoms with van der Waals surface area (Å²) in [5.41, 5.74) is 5.71. The first-order chi connectivity index (χ1) is 6.24. The normalized spacial score (nSPS) is 27.1. The van der Waals surface area contributed by atoms with Crippen molar-refractivity contribution in [3.8, 4) is 0 Å². The van der Waals surface area contributed by atoms with Crippen LogP contribution in [0.3, 0.4) is 0 Å². The van der Waals surface area contributed by atoms with Crippen molar-refractivity contribution >= 4 is 5.91 Å². The molecule has 0 aliphatic heterocycles. The Labute approximate surface area is 81.1 Å². The van der Waals surface area contributed by atoms with E-state index in [2.05, 4.69) is 5.32 Å². The standard InChI is InChI=1S/C8H16N2O.C2H6/c1-10-8(11)6-2-4-7(9)5-3-6;1-2/h6-7H,2-5,9H2,1H3,(H,10,11);1-2H3. The number of hydrogen-bond donors (Lipinski definition) is 2. The van der Waals surface area contributed by atoms with E-state index in [9.17, 15) is 4.79 Å². The lowest BCUT2D eigenvalue weighted by molar-refractivity contribution is -0.125. The van der Waals surface area contributed by atoms with Gasteiger partial charge in [-0.2, -0.15) is 0 Å². The van der Waals surface area contributed by atoms with Crippen LogP contribution in [0.1, 0.15) is 39.5 Å². The molecule has 0 unspecified atom stereocenters. The molecule has 78 valence electrons. The molecule has 1 aliphatic rings. The van der Waals surface area contributed by atoms with Crippen molar-refractivity contribution in [1.82, 2.24) is 5.32 Å². The maximum Gasteiger partial charge on any atom is 0.222 e. The van der Waals surface area contributed by atoms with E-state index >= 15 is 0 Å². The molecule has 0 aromatic rings. The van der Waals surface area contributed by atoms with Crippen LogP contribution in [-0.2, 0) is 4.79 Å². The number of nitrogens with one attached hydrogen (secondary N) is 1. The summed E-state index contributed by atoms with van der Waals surface area (Å²) < 4.78 is 0.